The molecule has 0 saturated heterocycles. The molecule has 118 valence electrons. The second kappa shape index (κ2) is 7.30. The molecular formula is C20H22N2O. The van der Waals surface area contributed by atoms with E-state index in [0.717, 1.165) is 12.3 Å². The molecule has 0 fully saturated rings. The molecule has 0 aromatic heterocycles. The van der Waals surface area contributed by atoms with Crippen LogP contribution in [0.25, 0.3) is 0 Å². The molecule has 3 rings (SSSR count). The van der Waals surface area contributed by atoms with Gasteiger partial charge in [0.1, 0.15) is 12.4 Å². The van der Waals surface area contributed by atoms with Crippen molar-refractivity contribution in [2.75, 3.05) is 20.2 Å². The van der Waals surface area contributed by atoms with Gasteiger partial charge in [-0.1, -0.05) is 24.3 Å². The first-order valence-corrected chi connectivity index (χ1v) is 8.19. The lowest BCUT2D eigenvalue weighted by Crippen LogP contribution is -2.31. The van der Waals surface area contributed by atoms with E-state index in [4.69, 9.17) is 10.00 Å². The van der Waals surface area contributed by atoms with E-state index in [-0.39, 0.29) is 0 Å². The maximum atomic E-state index is 8.80. The Labute approximate surface area is 138 Å². The van der Waals surface area contributed by atoms with Crippen molar-refractivity contribution in [1.82, 2.24) is 4.90 Å². The number of fused-ring (bicyclic) bond motifs is 1. The number of aryl methyl sites for hydroxylation is 1. The van der Waals surface area contributed by atoms with Crippen LogP contribution in [0.2, 0.25) is 0 Å². The molecule has 0 bridgehead atoms. The predicted octanol–water partition coefficient (Wildman–Crippen LogP) is 3.95. The summed E-state index contributed by atoms with van der Waals surface area (Å²) in [7, 11) is 2.18. The topological polar surface area (TPSA) is 36.3 Å². The third-order valence-corrected chi connectivity index (χ3v) is 4.57. The Morgan fingerprint density at radius 2 is 1.96 bits per heavy atom. The van der Waals surface area contributed by atoms with Gasteiger partial charge in [0.15, 0.2) is 0 Å². The first kappa shape index (κ1) is 15.6. The van der Waals surface area contributed by atoms with Gasteiger partial charge in [0.25, 0.3) is 0 Å². The fraction of sp³-hybridized carbons (Fsp3) is 0.350. The minimum absolute atomic E-state index is 0.490. The summed E-state index contributed by atoms with van der Waals surface area (Å²) in [6.07, 6.45) is 3.66. The highest BCUT2D eigenvalue weighted by Gasteiger charge is 2.23. The monoisotopic (exact) mass is 306 g/mol. The lowest BCUT2D eigenvalue weighted by atomic mass is 9.87. The number of nitrogens with zero attached hydrogens (tertiary/aromatic N) is 2. The highest BCUT2D eigenvalue weighted by atomic mass is 16.5. The highest BCUT2D eigenvalue weighted by molar-refractivity contribution is 5.34. The minimum Gasteiger partial charge on any atom is -0.492 e. The van der Waals surface area contributed by atoms with Crippen molar-refractivity contribution in [3.8, 4) is 11.8 Å². The zero-order valence-corrected chi connectivity index (χ0v) is 13.5. The zero-order chi connectivity index (χ0) is 16.1. The van der Waals surface area contributed by atoms with Crippen molar-refractivity contribution in [2.24, 2.45) is 0 Å². The van der Waals surface area contributed by atoms with Gasteiger partial charge in [0, 0.05) is 12.6 Å². The van der Waals surface area contributed by atoms with E-state index in [1.165, 1.54) is 30.4 Å². The van der Waals surface area contributed by atoms with Gasteiger partial charge in [-0.25, -0.2) is 0 Å². The number of benzene rings is 2. The fourth-order valence-corrected chi connectivity index (χ4v) is 3.28. The van der Waals surface area contributed by atoms with Gasteiger partial charge in [-0.05, 0) is 61.7 Å². The van der Waals surface area contributed by atoms with Crippen LogP contribution in [0.5, 0.6) is 5.75 Å². The highest BCUT2D eigenvalue weighted by Crippen LogP contribution is 2.33. The summed E-state index contributed by atoms with van der Waals surface area (Å²) in [4.78, 5) is 2.39. The molecule has 0 radical (unpaired) electrons. The van der Waals surface area contributed by atoms with Crippen LogP contribution < -0.4 is 4.74 Å². The molecule has 0 spiro atoms. The number of nitriles is 1. The largest absolute Gasteiger partial charge is 0.492 e. The smallest absolute Gasteiger partial charge is 0.119 e. The third kappa shape index (κ3) is 3.72. The molecule has 3 heteroatoms. The molecule has 1 aliphatic rings. The van der Waals surface area contributed by atoms with E-state index in [1.807, 2.05) is 12.1 Å². The molecule has 1 atom stereocenters. The van der Waals surface area contributed by atoms with E-state index in [1.54, 1.807) is 12.1 Å². The Morgan fingerprint density at radius 1 is 1.17 bits per heavy atom. The molecule has 3 nitrogen and oxygen atoms in total. The Hall–Kier alpha value is -2.31. The van der Waals surface area contributed by atoms with Gasteiger partial charge >= 0.3 is 0 Å². The normalized spacial score (nSPS) is 16.7. The van der Waals surface area contributed by atoms with E-state index in [0.29, 0.717) is 18.2 Å². The molecule has 2 aromatic rings. The van der Waals surface area contributed by atoms with Crippen LogP contribution in [0.1, 0.15) is 35.6 Å². The SMILES string of the molecule is CN(CCOc1ccc(C#N)cc1)[C@@H]1CCCc2ccccc21. The van der Waals surface area contributed by atoms with E-state index >= 15 is 0 Å². The van der Waals surface area contributed by atoms with Gasteiger partial charge in [-0.15, -0.1) is 0 Å². The molecule has 23 heavy (non-hydrogen) atoms. The maximum Gasteiger partial charge on any atom is 0.119 e. The zero-order valence-electron chi connectivity index (χ0n) is 13.5. The van der Waals surface area contributed by atoms with Crippen molar-refractivity contribution in [3.63, 3.8) is 0 Å². The molecule has 2 aromatic carbocycles. The van der Waals surface area contributed by atoms with Crippen LogP contribution >= 0.6 is 0 Å². The quantitative estimate of drug-likeness (QED) is 0.839. The molecule has 0 unspecified atom stereocenters. The molecule has 1 aliphatic carbocycles. The average Bonchev–Trinajstić information content (AvgIpc) is 2.61. The third-order valence-electron chi connectivity index (χ3n) is 4.57. The summed E-state index contributed by atoms with van der Waals surface area (Å²) in [5.74, 6) is 0.821. The molecule has 0 heterocycles. The standard InChI is InChI=1S/C20H22N2O/c1-22(13-14-23-18-11-9-16(15-21)10-12-18)20-8-4-6-17-5-2-3-7-19(17)20/h2-3,5,7,9-12,20H,4,6,8,13-14H2,1H3/t20-/m1/s1. The number of rotatable bonds is 5. The summed E-state index contributed by atoms with van der Waals surface area (Å²) in [6.45, 7) is 1.54. The van der Waals surface area contributed by atoms with E-state index in [9.17, 15) is 0 Å². The summed E-state index contributed by atoms with van der Waals surface area (Å²) in [5.41, 5.74) is 3.62. The first-order chi connectivity index (χ1) is 11.3. The van der Waals surface area contributed by atoms with Crippen LogP contribution in [0.15, 0.2) is 48.5 Å². The number of hydrogen-bond donors (Lipinski definition) is 0. The number of ether oxygens (including phenoxy) is 1. The van der Waals surface area contributed by atoms with Crippen LogP contribution in [0, 0.1) is 11.3 Å². The van der Waals surface area contributed by atoms with Crippen molar-refractivity contribution in [3.05, 3.63) is 65.2 Å². The second-order valence-corrected chi connectivity index (χ2v) is 6.07. The van der Waals surface area contributed by atoms with Crippen LogP contribution in [0.3, 0.4) is 0 Å². The first-order valence-electron chi connectivity index (χ1n) is 8.19. The number of hydrogen-bond acceptors (Lipinski definition) is 3. The Bertz CT molecular complexity index is 688. The van der Waals surface area contributed by atoms with Gasteiger partial charge in [0.2, 0.25) is 0 Å². The van der Waals surface area contributed by atoms with Crippen LogP contribution in [-0.4, -0.2) is 25.1 Å². The minimum atomic E-state index is 0.490. The van der Waals surface area contributed by atoms with Crippen LogP contribution in [-0.2, 0) is 6.42 Å². The van der Waals surface area contributed by atoms with Gasteiger partial charge in [0.05, 0.1) is 11.6 Å². The summed E-state index contributed by atoms with van der Waals surface area (Å²) in [5, 5.41) is 8.80. The van der Waals surface area contributed by atoms with Crippen molar-refractivity contribution in [2.45, 2.75) is 25.3 Å². The molecule has 0 aliphatic heterocycles. The summed E-state index contributed by atoms with van der Waals surface area (Å²) >= 11 is 0. The maximum absolute atomic E-state index is 8.80. The summed E-state index contributed by atoms with van der Waals surface area (Å²) < 4.78 is 5.80. The molecular weight excluding hydrogens is 284 g/mol. The van der Waals surface area contributed by atoms with E-state index in [2.05, 4.69) is 42.3 Å². The molecule has 0 amide bonds. The Morgan fingerprint density at radius 3 is 2.74 bits per heavy atom. The molecule has 0 saturated carbocycles. The molecule has 0 N–H and O–H groups in total. The number of likely N-dealkylation sites (N-methyl/N-ethyl adjacent to an activating group) is 1. The van der Waals surface area contributed by atoms with Gasteiger partial charge < -0.3 is 4.74 Å². The van der Waals surface area contributed by atoms with Gasteiger partial charge in [-0.3, -0.25) is 4.90 Å². The van der Waals surface area contributed by atoms with Crippen LogP contribution in [0.4, 0.5) is 0 Å². The lowest BCUT2D eigenvalue weighted by Gasteiger charge is -2.33. The van der Waals surface area contributed by atoms with Gasteiger partial charge in [-0.2, -0.15) is 5.26 Å². The fourth-order valence-electron chi connectivity index (χ4n) is 3.28. The Balaban J connectivity index is 1.55. The van der Waals surface area contributed by atoms with E-state index < -0.39 is 0 Å². The van der Waals surface area contributed by atoms with Crippen molar-refractivity contribution in [1.29, 1.82) is 5.26 Å². The average molecular weight is 306 g/mol. The lowest BCUT2D eigenvalue weighted by molar-refractivity contribution is 0.178. The van der Waals surface area contributed by atoms with Crippen molar-refractivity contribution >= 4 is 0 Å². The Kier molecular flexibility index (Phi) is 4.95. The van der Waals surface area contributed by atoms with Crippen molar-refractivity contribution < 1.29 is 4.74 Å². The second-order valence-electron chi connectivity index (χ2n) is 6.07. The summed E-state index contributed by atoms with van der Waals surface area (Å²) in [6, 6.07) is 18.7. The predicted molar refractivity (Wildman–Crippen MR) is 91.4 cm³/mol.